The van der Waals surface area contributed by atoms with Crippen LogP contribution in [0.5, 0.6) is 11.5 Å². The molecule has 3 N–H and O–H groups in total. The average molecular weight is 555 g/mol. The Balaban J connectivity index is 1.36. The molecule has 3 heterocycles. The van der Waals surface area contributed by atoms with Gasteiger partial charge in [-0.1, -0.05) is 42.5 Å². The fourth-order valence-corrected chi connectivity index (χ4v) is 6.13. The van der Waals surface area contributed by atoms with Crippen molar-refractivity contribution in [3.05, 3.63) is 106 Å². The first-order chi connectivity index (χ1) is 19.4. The number of carbonyl (C=O) groups is 1. The van der Waals surface area contributed by atoms with E-state index in [1.807, 2.05) is 31.2 Å². The molecule has 0 spiro atoms. The first-order valence-corrected chi connectivity index (χ1v) is 14.0. The molecular formula is C32H31ClN4O3. The highest BCUT2D eigenvalue weighted by Gasteiger charge is 2.36. The van der Waals surface area contributed by atoms with Crippen molar-refractivity contribution in [1.29, 1.82) is 0 Å². The third kappa shape index (κ3) is 5.15. The van der Waals surface area contributed by atoms with Gasteiger partial charge in [-0.25, -0.2) is 9.97 Å². The van der Waals surface area contributed by atoms with Crippen molar-refractivity contribution < 1.29 is 15.0 Å². The van der Waals surface area contributed by atoms with Crippen LogP contribution in [-0.2, 0) is 13.0 Å². The van der Waals surface area contributed by atoms with E-state index < -0.39 is 0 Å². The highest BCUT2D eigenvalue weighted by atomic mass is 35.5. The molecule has 1 amide bonds. The average Bonchev–Trinajstić information content (AvgIpc) is 3.33. The first-order valence-electron chi connectivity index (χ1n) is 13.6. The number of aromatic nitrogens is 2. The van der Waals surface area contributed by atoms with Crippen LogP contribution in [-0.4, -0.2) is 44.1 Å². The number of fused-ring (bicyclic) bond motifs is 1. The number of hydrogen-bond donors (Lipinski definition) is 3. The van der Waals surface area contributed by atoms with Gasteiger partial charge in [0, 0.05) is 24.4 Å². The molecule has 204 valence electrons. The quantitative estimate of drug-likeness (QED) is 0.270. The van der Waals surface area contributed by atoms with Crippen LogP contribution in [0.1, 0.15) is 57.1 Å². The lowest BCUT2D eigenvalue weighted by atomic mass is 9.89. The maximum atomic E-state index is 13.8. The summed E-state index contributed by atoms with van der Waals surface area (Å²) in [7, 11) is 0. The molecular weight excluding hydrogens is 524 g/mol. The van der Waals surface area contributed by atoms with E-state index in [1.54, 1.807) is 11.1 Å². The van der Waals surface area contributed by atoms with Crippen LogP contribution in [0.3, 0.4) is 0 Å². The zero-order valence-corrected chi connectivity index (χ0v) is 23.0. The molecule has 4 aromatic rings. The zero-order chi connectivity index (χ0) is 27.8. The molecule has 0 saturated carbocycles. The molecule has 8 heteroatoms. The van der Waals surface area contributed by atoms with E-state index in [9.17, 15) is 15.0 Å². The molecule has 3 aromatic carbocycles. The van der Waals surface area contributed by atoms with E-state index in [2.05, 4.69) is 33.5 Å². The molecule has 0 bridgehead atoms. The lowest BCUT2D eigenvalue weighted by Crippen LogP contribution is -2.30. The summed E-state index contributed by atoms with van der Waals surface area (Å²) in [4.78, 5) is 24.1. The molecule has 1 saturated heterocycles. The largest absolute Gasteiger partial charge is 0.508 e. The number of halogens is 1. The molecule has 0 radical (unpaired) electrons. The summed E-state index contributed by atoms with van der Waals surface area (Å²) in [6.07, 6.45) is 5.08. The van der Waals surface area contributed by atoms with Crippen molar-refractivity contribution in [3.8, 4) is 22.8 Å². The van der Waals surface area contributed by atoms with Crippen molar-refractivity contribution in [2.75, 3.05) is 13.1 Å². The summed E-state index contributed by atoms with van der Waals surface area (Å²) in [6, 6.07) is 18.4. The second-order valence-electron chi connectivity index (χ2n) is 10.8. The molecule has 1 unspecified atom stereocenters. The lowest BCUT2D eigenvalue weighted by Gasteiger charge is -2.26. The number of aryl methyl sites for hydroxylation is 1. The molecule has 1 fully saturated rings. The Morgan fingerprint density at radius 2 is 1.82 bits per heavy atom. The zero-order valence-electron chi connectivity index (χ0n) is 22.3. The fraction of sp³-hybridized carbons (Fsp3) is 0.281. The van der Waals surface area contributed by atoms with Crippen molar-refractivity contribution in [3.63, 3.8) is 0 Å². The van der Waals surface area contributed by atoms with Gasteiger partial charge in [-0.05, 0) is 96.7 Å². The van der Waals surface area contributed by atoms with E-state index in [0.717, 1.165) is 53.0 Å². The molecule has 6 rings (SSSR count). The number of amides is 1. The lowest BCUT2D eigenvalue weighted by molar-refractivity contribution is 0.0715. The van der Waals surface area contributed by atoms with Crippen molar-refractivity contribution in [2.24, 2.45) is 5.92 Å². The minimum absolute atomic E-state index is 0.0893. The van der Waals surface area contributed by atoms with E-state index in [-0.39, 0.29) is 34.3 Å². The number of benzene rings is 3. The standard InChI is InChI=1S/C32H31ClN4O3/c1-19-17-35-32(33)36-29(19)22-3-5-23(6-4-22)30-26-8-2-21(14-20-10-12-34-13-11-20)15-24(26)18-37(30)31(40)27-9-7-25(38)16-28(27)39/h2-9,15-17,20,30,34,38-39H,10-14,18H2,1H3. The number of piperidine rings is 1. The van der Waals surface area contributed by atoms with Gasteiger partial charge >= 0.3 is 0 Å². The van der Waals surface area contributed by atoms with Crippen LogP contribution in [0.2, 0.25) is 5.28 Å². The van der Waals surface area contributed by atoms with Gasteiger partial charge in [-0.2, -0.15) is 0 Å². The maximum Gasteiger partial charge on any atom is 0.258 e. The Labute approximate surface area is 238 Å². The Kier molecular flexibility index (Phi) is 7.17. The minimum atomic E-state index is -0.326. The molecule has 40 heavy (non-hydrogen) atoms. The van der Waals surface area contributed by atoms with Gasteiger partial charge in [-0.15, -0.1) is 0 Å². The second kappa shape index (κ2) is 10.9. The Morgan fingerprint density at radius 3 is 2.58 bits per heavy atom. The van der Waals surface area contributed by atoms with Crippen molar-refractivity contribution >= 4 is 17.5 Å². The second-order valence-corrected chi connectivity index (χ2v) is 11.1. The fourth-order valence-electron chi connectivity index (χ4n) is 5.99. The van der Waals surface area contributed by atoms with Gasteiger partial charge in [-0.3, -0.25) is 4.79 Å². The number of phenolic OH excluding ortho intramolecular Hbond substituents is 2. The number of nitrogens with zero attached hydrogens (tertiary/aromatic N) is 3. The minimum Gasteiger partial charge on any atom is -0.508 e. The summed E-state index contributed by atoms with van der Waals surface area (Å²) in [6.45, 7) is 4.50. The molecule has 0 aliphatic carbocycles. The molecule has 1 aromatic heterocycles. The van der Waals surface area contributed by atoms with Gasteiger partial charge in [0.25, 0.3) is 5.91 Å². The number of rotatable bonds is 5. The van der Waals surface area contributed by atoms with Crippen LogP contribution in [0.25, 0.3) is 11.3 Å². The van der Waals surface area contributed by atoms with E-state index in [4.69, 9.17) is 11.6 Å². The first kappa shape index (κ1) is 26.3. The number of nitrogens with one attached hydrogen (secondary N) is 1. The van der Waals surface area contributed by atoms with Gasteiger partial charge in [0.2, 0.25) is 5.28 Å². The van der Waals surface area contributed by atoms with Gasteiger partial charge in [0.05, 0.1) is 17.3 Å². The summed E-state index contributed by atoms with van der Waals surface area (Å²) in [5.41, 5.74) is 7.20. The summed E-state index contributed by atoms with van der Waals surface area (Å²) >= 11 is 6.06. The van der Waals surface area contributed by atoms with Crippen LogP contribution in [0, 0.1) is 12.8 Å². The topological polar surface area (TPSA) is 98.6 Å². The van der Waals surface area contributed by atoms with Crippen LogP contribution >= 0.6 is 11.6 Å². The predicted octanol–water partition coefficient (Wildman–Crippen LogP) is 5.80. The highest BCUT2D eigenvalue weighted by Crippen LogP contribution is 2.42. The molecule has 7 nitrogen and oxygen atoms in total. The van der Waals surface area contributed by atoms with Crippen molar-refractivity contribution in [1.82, 2.24) is 20.2 Å². The van der Waals surface area contributed by atoms with Crippen LogP contribution in [0.4, 0.5) is 0 Å². The van der Waals surface area contributed by atoms with E-state index in [1.165, 1.54) is 36.6 Å². The summed E-state index contributed by atoms with van der Waals surface area (Å²) in [5, 5.41) is 23.9. The summed E-state index contributed by atoms with van der Waals surface area (Å²) in [5.74, 6) is 0.0434. The Bertz CT molecular complexity index is 1570. The third-order valence-electron chi connectivity index (χ3n) is 8.05. The van der Waals surface area contributed by atoms with Gasteiger partial charge in [0.1, 0.15) is 11.5 Å². The summed E-state index contributed by atoms with van der Waals surface area (Å²) < 4.78 is 0. The maximum absolute atomic E-state index is 13.8. The Morgan fingerprint density at radius 1 is 1.05 bits per heavy atom. The van der Waals surface area contributed by atoms with Crippen LogP contribution < -0.4 is 5.32 Å². The number of aromatic hydroxyl groups is 2. The molecule has 2 aliphatic rings. The highest BCUT2D eigenvalue weighted by molar-refractivity contribution is 6.28. The smallest absolute Gasteiger partial charge is 0.258 e. The normalized spacial score (nSPS) is 17.1. The van der Waals surface area contributed by atoms with Gasteiger partial charge < -0.3 is 20.4 Å². The SMILES string of the molecule is Cc1cnc(Cl)nc1-c1ccc(C2c3ccc(CC4CCNCC4)cc3CN2C(=O)c2ccc(O)cc2O)cc1. The monoisotopic (exact) mass is 554 g/mol. The van der Waals surface area contributed by atoms with Crippen molar-refractivity contribution in [2.45, 2.75) is 38.8 Å². The van der Waals surface area contributed by atoms with Gasteiger partial charge in [0.15, 0.2) is 0 Å². The molecule has 1 atom stereocenters. The van der Waals surface area contributed by atoms with E-state index in [0.29, 0.717) is 12.5 Å². The number of carbonyl (C=O) groups excluding carboxylic acids is 1. The number of phenols is 2. The third-order valence-corrected chi connectivity index (χ3v) is 8.23. The van der Waals surface area contributed by atoms with Crippen LogP contribution in [0.15, 0.2) is 66.9 Å². The Hall–Kier alpha value is -3.94. The predicted molar refractivity (Wildman–Crippen MR) is 154 cm³/mol. The molecule has 2 aliphatic heterocycles. The van der Waals surface area contributed by atoms with E-state index >= 15 is 0 Å². The number of hydrogen-bond acceptors (Lipinski definition) is 6.